The van der Waals surface area contributed by atoms with Gasteiger partial charge in [-0.05, 0) is 0 Å². The molecule has 0 atom stereocenters. The number of carbonyl (C=O) groups is 3. The molecule has 0 aliphatic heterocycles. The van der Waals surface area contributed by atoms with Crippen LogP contribution < -0.4 is 5.32 Å². The highest BCUT2D eigenvalue weighted by atomic mass is 16.5. The van der Waals surface area contributed by atoms with Crippen LogP contribution in [0.25, 0.3) is 0 Å². The minimum Gasteiger partial charge on any atom is -0.480 e. The van der Waals surface area contributed by atoms with Crippen LogP contribution in [0.3, 0.4) is 0 Å². The van der Waals surface area contributed by atoms with E-state index in [1.165, 1.54) is 0 Å². The van der Waals surface area contributed by atoms with E-state index in [2.05, 4.69) is 4.74 Å². The van der Waals surface area contributed by atoms with Crippen LogP contribution in [0.15, 0.2) is 0 Å². The maximum atomic E-state index is 11.4. The predicted molar refractivity (Wildman–Crippen MR) is 54.8 cm³/mol. The van der Waals surface area contributed by atoms with Gasteiger partial charge in [0.1, 0.15) is 26.3 Å². The number of amides is 3. The number of hydrogen-bond acceptors (Lipinski definition) is 6. The number of urea groups is 1. The largest absolute Gasteiger partial charge is 0.480 e. The molecule has 2 N–H and O–H groups in total. The van der Waals surface area contributed by atoms with Gasteiger partial charge < -0.3 is 9.84 Å². The van der Waals surface area contributed by atoms with E-state index in [1.807, 2.05) is 5.32 Å². The van der Waals surface area contributed by atoms with Crippen LogP contribution in [0.2, 0.25) is 0 Å². The summed E-state index contributed by atoms with van der Waals surface area (Å²) >= 11 is 0. The molecule has 0 aliphatic rings. The molecule has 18 heavy (non-hydrogen) atoms. The summed E-state index contributed by atoms with van der Waals surface area (Å²) in [7, 11) is 0. The van der Waals surface area contributed by atoms with Gasteiger partial charge in [0.2, 0.25) is 0 Å². The number of hydrogen-bond donors (Lipinski definition) is 2. The zero-order valence-corrected chi connectivity index (χ0v) is 9.25. The van der Waals surface area contributed by atoms with E-state index in [0.717, 1.165) is 4.90 Å². The maximum Gasteiger partial charge on any atom is 0.329 e. The standard InChI is InChI=1S/C9H10N4O5/c10-1-3-13(4-2-11)9(17)12-7(14)5-18-6-8(15)16/h3-6H2,(H,15,16)(H,12,14,17). The van der Waals surface area contributed by atoms with Crippen LogP contribution in [0.5, 0.6) is 0 Å². The van der Waals surface area contributed by atoms with Gasteiger partial charge in [-0.25, -0.2) is 9.59 Å². The summed E-state index contributed by atoms with van der Waals surface area (Å²) in [6.45, 7) is -1.96. The van der Waals surface area contributed by atoms with E-state index >= 15 is 0 Å². The molecular formula is C9H10N4O5. The van der Waals surface area contributed by atoms with Crippen LogP contribution in [0.1, 0.15) is 0 Å². The van der Waals surface area contributed by atoms with Crippen LogP contribution in [0, 0.1) is 22.7 Å². The van der Waals surface area contributed by atoms with Gasteiger partial charge in [-0.2, -0.15) is 10.5 Å². The van der Waals surface area contributed by atoms with Crippen molar-refractivity contribution in [2.45, 2.75) is 0 Å². The zero-order chi connectivity index (χ0) is 14.0. The van der Waals surface area contributed by atoms with Crippen LogP contribution >= 0.6 is 0 Å². The number of carbonyl (C=O) groups excluding carboxylic acids is 2. The number of nitrogens with zero attached hydrogens (tertiary/aromatic N) is 3. The lowest BCUT2D eigenvalue weighted by atomic mass is 10.5. The first-order valence-corrected chi connectivity index (χ1v) is 4.63. The van der Waals surface area contributed by atoms with E-state index in [0.29, 0.717) is 0 Å². The third-order valence-electron chi connectivity index (χ3n) is 1.52. The molecule has 96 valence electrons. The second-order valence-electron chi connectivity index (χ2n) is 2.91. The van der Waals surface area contributed by atoms with Crippen molar-refractivity contribution in [2.75, 3.05) is 26.3 Å². The van der Waals surface area contributed by atoms with E-state index in [4.69, 9.17) is 15.6 Å². The molecule has 0 aromatic heterocycles. The summed E-state index contributed by atoms with van der Waals surface area (Å²) in [6, 6.07) is 2.40. The second-order valence-corrected chi connectivity index (χ2v) is 2.91. The molecule has 0 unspecified atom stereocenters. The van der Waals surface area contributed by atoms with Crippen molar-refractivity contribution < 1.29 is 24.2 Å². The third-order valence-corrected chi connectivity index (χ3v) is 1.52. The highest BCUT2D eigenvalue weighted by Crippen LogP contribution is 1.88. The SMILES string of the molecule is N#CCN(CC#N)C(=O)NC(=O)COCC(=O)O. The smallest absolute Gasteiger partial charge is 0.329 e. The van der Waals surface area contributed by atoms with Crippen LogP contribution in [-0.4, -0.2) is 54.2 Å². The topological polar surface area (TPSA) is 144 Å². The van der Waals surface area contributed by atoms with Crippen molar-refractivity contribution in [3.63, 3.8) is 0 Å². The molecule has 0 heterocycles. The molecule has 3 amide bonds. The maximum absolute atomic E-state index is 11.4. The van der Waals surface area contributed by atoms with Gasteiger partial charge in [-0.1, -0.05) is 0 Å². The van der Waals surface area contributed by atoms with Crippen molar-refractivity contribution in [3.8, 4) is 12.1 Å². The van der Waals surface area contributed by atoms with E-state index in [9.17, 15) is 14.4 Å². The lowest BCUT2D eigenvalue weighted by Crippen LogP contribution is -2.44. The average Bonchev–Trinajstić information content (AvgIpc) is 2.28. The summed E-state index contributed by atoms with van der Waals surface area (Å²) in [4.78, 5) is 33.3. The number of imide groups is 1. The molecule has 0 saturated carbocycles. The number of nitriles is 2. The first-order chi connectivity index (χ1) is 8.51. The first kappa shape index (κ1) is 15.3. The summed E-state index contributed by atoms with van der Waals surface area (Å²) in [5.74, 6) is -2.10. The lowest BCUT2D eigenvalue weighted by Gasteiger charge is -2.15. The van der Waals surface area contributed by atoms with Crippen molar-refractivity contribution in [1.82, 2.24) is 10.2 Å². The molecule has 0 rings (SSSR count). The average molecular weight is 254 g/mol. The summed E-state index contributed by atoms with van der Waals surface area (Å²) in [5, 5.41) is 26.9. The quantitative estimate of drug-likeness (QED) is 0.559. The number of carboxylic acid groups (broad SMARTS) is 1. The molecule has 0 aromatic carbocycles. The Labute approximate surface area is 102 Å². The lowest BCUT2D eigenvalue weighted by molar-refractivity contribution is -0.143. The van der Waals surface area contributed by atoms with Crippen LogP contribution in [-0.2, 0) is 14.3 Å². The number of carboxylic acids is 1. The molecule has 9 heteroatoms. The molecule has 0 radical (unpaired) electrons. The highest BCUT2D eigenvalue weighted by molar-refractivity contribution is 5.95. The monoisotopic (exact) mass is 254 g/mol. The number of aliphatic carboxylic acids is 1. The molecule has 0 spiro atoms. The predicted octanol–water partition coefficient (Wildman–Crippen LogP) is -1.33. The Morgan fingerprint density at radius 3 is 2.17 bits per heavy atom. The van der Waals surface area contributed by atoms with Gasteiger partial charge >= 0.3 is 12.0 Å². The van der Waals surface area contributed by atoms with Gasteiger partial charge in [-0.3, -0.25) is 15.0 Å². The Kier molecular flexibility index (Phi) is 7.25. The minimum atomic E-state index is -1.25. The molecule has 0 aromatic rings. The van der Waals surface area contributed by atoms with Gasteiger partial charge in [0.25, 0.3) is 5.91 Å². The Bertz CT molecular complexity index is 392. The fourth-order valence-corrected chi connectivity index (χ4v) is 0.836. The van der Waals surface area contributed by atoms with E-state index in [-0.39, 0.29) is 13.1 Å². The molecule has 9 nitrogen and oxygen atoms in total. The number of nitrogens with one attached hydrogen (secondary N) is 1. The fourth-order valence-electron chi connectivity index (χ4n) is 0.836. The Hall–Kier alpha value is -2.65. The number of ether oxygens (including phenoxy) is 1. The van der Waals surface area contributed by atoms with Gasteiger partial charge in [0.15, 0.2) is 0 Å². The van der Waals surface area contributed by atoms with Crippen molar-refractivity contribution in [2.24, 2.45) is 0 Å². The number of rotatable bonds is 6. The molecule has 0 bridgehead atoms. The van der Waals surface area contributed by atoms with Crippen molar-refractivity contribution >= 4 is 17.9 Å². The molecule has 0 saturated heterocycles. The Morgan fingerprint density at radius 2 is 1.72 bits per heavy atom. The molecular weight excluding hydrogens is 244 g/mol. The third kappa shape index (κ3) is 6.76. The van der Waals surface area contributed by atoms with E-state index in [1.54, 1.807) is 12.1 Å². The summed E-state index contributed by atoms with van der Waals surface area (Å²) in [5.41, 5.74) is 0. The van der Waals surface area contributed by atoms with Gasteiger partial charge in [0, 0.05) is 0 Å². The second kappa shape index (κ2) is 8.50. The normalized spacial score (nSPS) is 8.78. The Balaban J connectivity index is 4.12. The van der Waals surface area contributed by atoms with Crippen molar-refractivity contribution in [1.29, 1.82) is 10.5 Å². The first-order valence-electron chi connectivity index (χ1n) is 4.63. The minimum absolute atomic E-state index is 0.345. The van der Waals surface area contributed by atoms with Gasteiger partial charge in [-0.15, -0.1) is 0 Å². The zero-order valence-electron chi connectivity index (χ0n) is 9.25. The fraction of sp³-hybridized carbons (Fsp3) is 0.444. The Morgan fingerprint density at radius 1 is 1.17 bits per heavy atom. The molecule has 0 aliphatic carbocycles. The van der Waals surface area contributed by atoms with Crippen molar-refractivity contribution in [3.05, 3.63) is 0 Å². The summed E-state index contributed by atoms with van der Waals surface area (Å²) < 4.78 is 4.45. The van der Waals surface area contributed by atoms with Crippen LogP contribution in [0.4, 0.5) is 4.79 Å². The molecule has 0 fully saturated rings. The van der Waals surface area contributed by atoms with Gasteiger partial charge in [0.05, 0.1) is 12.1 Å². The van der Waals surface area contributed by atoms with E-state index < -0.39 is 31.1 Å². The summed E-state index contributed by atoms with van der Waals surface area (Å²) in [6.07, 6.45) is 0. The highest BCUT2D eigenvalue weighted by Gasteiger charge is 2.15.